The van der Waals surface area contributed by atoms with Crippen LogP contribution in [0.1, 0.15) is 33.6 Å². The monoisotopic (exact) mass is 243 g/mol. The zero-order valence-electron chi connectivity index (χ0n) is 10.0. The van der Waals surface area contributed by atoms with Gasteiger partial charge in [0, 0.05) is 12.0 Å². The SMILES string of the molecule is CCNC(=O)CSc1nnc(C(C)(C)C)o1. The number of nitrogens with one attached hydrogen (secondary N) is 1. The molecule has 0 atom stereocenters. The summed E-state index contributed by atoms with van der Waals surface area (Å²) in [5, 5.41) is 11.0. The van der Waals surface area contributed by atoms with E-state index in [1.54, 1.807) is 0 Å². The Hall–Kier alpha value is -1.04. The van der Waals surface area contributed by atoms with E-state index in [4.69, 9.17) is 4.42 Å². The average Bonchev–Trinajstić information content (AvgIpc) is 2.63. The highest BCUT2D eigenvalue weighted by atomic mass is 32.2. The molecule has 1 heterocycles. The van der Waals surface area contributed by atoms with Crippen LogP contribution in [0, 0.1) is 0 Å². The fraction of sp³-hybridized carbons (Fsp3) is 0.700. The summed E-state index contributed by atoms with van der Waals surface area (Å²) in [5.74, 6) is 0.869. The maximum Gasteiger partial charge on any atom is 0.277 e. The van der Waals surface area contributed by atoms with Crippen molar-refractivity contribution in [3.05, 3.63) is 5.89 Å². The first-order valence-corrected chi connectivity index (χ1v) is 6.15. The Kier molecular flexibility index (Phi) is 4.35. The van der Waals surface area contributed by atoms with E-state index in [2.05, 4.69) is 15.5 Å². The van der Waals surface area contributed by atoms with E-state index in [0.29, 0.717) is 23.4 Å². The Morgan fingerprint density at radius 1 is 1.44 bits per heavy atom. The number of hydrogen-bond donors (Lipinski definition) is 1. The summed E-state index contributed by atoms with van der Waals surface area (Å²) in [6.45, 7) is 8.51. The molecule has 1 amide bonds. The van der Waals surface area contributed by atoms with E-state index in [0.717, 1.165) is 0 Å². The highest BCUT2D eigenvalue weighted by molar-refractivity contribution is 7.99. The molecule has 16 heavy (non-hydrogen) atoms. The normalized spacial score (nSPS) is 11.5. The van der Waals surface area contributed by atoms with Crippen molar-refractivity contribution in [2.75, 3.05) is 12.3 Å². The van der Waals surface area contributed by atoms with E-state index < -0.39 is 0 Å². The minimum atomic E-state index is -0.155. The van der Waals surface area contributed by atoms with Crippen LogP contribution >= 0.6 is 11.8 Å². The molecule has 1 aromatic heterocycles. The minimum absolute atomic E-state index is 0.0250. The van der Waals surface area contributed by atoms with Crippen molar-refractivity contribution >= 4 is 17.7 Å². The second-order valence-corrected chi connectivity index (χ2v) is 5.29. The topological polar surface area (TPSA) is 68.0 Å². The Morgan fingerprint density at radius 2 is 2.12 bits per heavy atom. The molecule has 0 aliphatic carbocycles. The number of aromatic nitrogens is 2. The van der Waals surface area contributed by atoms with Gasteiger partial charge in [0.05, 0.1) is 5.75 Å². The van der Waals surface area contributed by atoms with Crippen LogP contribution in [0.15, 0.2) is 9.64 Å². The number of carbonyl (C=O) groups is 1. The summed E-state index contributed by atoms with van der Waals surface area (Å²) in [6.07, 6.45) is 0. The van der Waals surface area contributed by atoms with Crippen molar-refractivity contribution < 1.29 is 9.21 Å². The summed E-state index contributed by atoms with van der Waals surface area (Å²) in [7, 11) is 0. The van der Waals surface area contributed by atoms with Gasteiger partial charge in [-0.25, -0.2) is 0 Å². The van der Waals surface area contributed by atoms with Crippen LogP contribution in [-0.2, 0) is 10.2 Å². The van der Waals surface area contributed by atoms with Crippen molar-refractivity contribution in [2.24, 2.45) is 0 Å². The molecule has 0 aromatic carbocycles. The molecule has 5 nitrogen and oxygen atoms in total. The third kappa shape index (κ3) is 3.84. The van der Waals surface area contributed by atoms with Crippen molar-refractivity contribution in [1.29, 1.82) is 0 Å². The van der Waals surface area contributed by atoms with Gasteiger partial charge in [0.2, 0.25) is 11.8 Å². The molecule has 90 valence electrons. The number of rotatable bonds is 4. The van der Waals surface area contributed by atoms with Crippen LogP contribution in [-0.4, -0.2) is 28.4 Å². The minimum Gasteiger partial charge on any atom is -0.415 e. The summed E-state index contributed by atoms with van der Waals surface area (Å²) in [6, 6.07) is 0. The molecular weight excluding hydrogens is 226 g/mol. The highest BCUT2D eigenvalue weighted by Crippen LogP contribution is 2.24. The quantitative estimate of drug-likeness (QED) is 0.813. The molecule has 1 N–H and O–H groups in total. The molecule has 0 spiro atoms. The molecule has 0 unspecified atom stereocenters. The molecule has 6 heteroatoms. The Balaban J connectivity index is 2.50. The maximum absolute atomic E-state index is 11.2. The van der Waals surface area contributed by atoms with E-state index in [9.17, 15) is 4.79 Å². The van der Waals surface area contributed by atoms with Gasteiger partial charge in [0.25, 0.3) is 5.22 Å². The van der Waals surface area contributed by atoms with Gasteiger partial charge in [-0.2, -0.15) is 0 Å². The van der Waals surface area contributed by atoms with Crippen LogP contribution in [0.3, 0.4) is 0 Å². The molecule has 0 fully saturated rings. The molecule has 0 bridgehead atoms. The highest BCUT2D eigenvalue weighted by Gasteiger charge is 2.21. The summed E-state index contributed by atoms with van der Waals surface area (Å²) >= 11 is 1.25. The van der Waals surface area contributed by atoms with Gasteiger partial charge in [-0.3, -0.25) is 4.79 Å². The first-order chi connectivity index (χ1) is 7.43. The van der Waals surface area contributed by atoms with E-state index in [-0.39, 0.29) is 11.3 Å². The van der Waals surface area contributed by atoms with Gasteiger partial charge in [0.1, 0.15) is 0 Å². The smallest absolute Gasteiger partial charge is 0.277 e. The number of thioether (sulfide) groups is 1. The van der Waals surface area contributed by atoms with Crippen LogP contribution in [0.5, 0.6) is 0 Å². The lowest BCUT2D eigenvalue weighted by atomic mass is 9.97. The van der Waals surface area contributed by atoms with Crippen LogP contribution < -0.4 is 5.32 Å². The zero-order valence-corrected chi connectivity index (χ0v) is 10.8. The molecule has 0 saturated carbocycles. The molecule has 0 aliphatic heterocycles. The van der Waals surface area contributed by atoms with Crippen LogP contribution in [0.4, 0.5) is 0 Å². The summed E-state index contributed by atoms with van der Waals surface area (Å²) in [5.41, 5.74) is -0.155. The van der Waals surface area contributed by atoms with Crippen LogP contribution in [0.25, 0.3) is 0 Å². The second-order valence-electron chi connectivity index (χ2n) is 4.37. The van der Waals surface area contributed by atoms with E-state index in [1.165, 1.54) is 11.8 Å². The van der Waals surface area contributed by atoms with Gasteiger partial charge in [-0.05, 0) is 6.92 Å². The van der Waals surface area contributed by atoms with Crippen molar-refractivity contribution in [1.82, 2.24) is 15.5 Å². The fourth-order valence-corrected chi connectivity index (χ4v) is 1.54. The van der Waals surface area contributed by atoms with E-state index >= 15 is 0 Å². The van der Waals surface area contributed by atoms with Gasteiger partial charge >= 0.3 is 0 Å². The lowest BCUT2D eigenvalue weighted by molar-refractivity contribution is -0.118. The molecular formula is C10H17N3O2S. The second kappa shape index (κ2) is 5.34. The lowest BCUT2D eigenvalue weighted by Gasteiger charge is -2.10. The number of hydrogen-bond acceptors (Lipinski definition) is 5. The lowest BCUT2D eigenvalue weighted by Crippen LogP contribution is -2.24. The summed E-state index contributed by atoms with van der Waals surface area (Å²) in [4.78, 5) is 11.2. The van der Waals surface area contributed by atoms with E-state index in [1.807, 2.05) is 27.7 Å². The number of amides is 1. The average molecular weight is 243 g/mol. The first kappa shape index (κ1) is 13.0. The van der Waals surface area contributed by atoms with Crippen molar-refractivity contribution in [2.45, 2.75) is 38.3 Å². The summed E-state index contributed by atoms with van der Waals surface area (Å²) < 4.78 is 5.44. The zero-order chi connectivity index (χ0) is 12.2. The predicted molar refractivity (Wildman–Crippen MR) is 62.4 cm³/mol. The van der Waals surface area contributed by atoms with Gasteiger partial charge < -0.3 is 9.73 Å². The maximum atomic E-state index is 11.2. The standard InChI is InChI=1S/C10H17N3O2S/c1-5-11-7(14)6-16-9-13-12-8(15-9)10(2,3)4/h5-6H2,1-4H3,(H,11,14). The largest absolute Gasteiger partial charge is 0.415 e. The Labute approximate surface area is 99.4 Å². The van der Waals surface area contributed by atoms with Crippen molar-refractivity contribution in [3.63, 3.8) is 0 Å². The van der Waals surface area contributed by atoms with Gasteiger partial charge in [0.15, 0.2) is 0 Å². The Morgan fingerprint density at radius 3 is 2.62 bits per heavy atom. The predicted octanol–water partition coefficient (Wildman–Crippen LogP) is 1.60. The first-order valence-electron chi connectivity index (χ1n) is 5.17. The molecule has 0 radical (unpaired) electrons. The molecule has 0 aliphatic rings. The molecule has 1 aromatic rings. The third-order valence-corrected chi connectivity index (χ3v) is 2.57. The van der Waals surface area contributed by atoms with Crippen molar-refractivity contribution in [3.8, 4) is 0 Å². The third-order valence-electron chi connectivity index (χ3n) is 1.75. The molecule has 1 rings (SSSR count). The van der Waals surface area contributed by atoms with Gasteiger partial charge in [-0.1, -0.05) is 32.5 Å². The van der Waals surface area contributed by atoms with Crippen LogP contribution in [0.2, 0.25) is 0 Å². The molecule has 0 saturated heterocycles. The number of nitrogens with zero attached hydrogens (tertiary/aromatic N) is 2. The van der Waals surface area contributed by atoms with Gasteiger partial charge in [-0.15, -0.1) is 10.2 Å². The fourth-order valence-electron chi connectivity index (χ4n) is 0.947. The number of carbonyl (C=O) groups excluding carboxylic acids is 1. The Bertz CT molecular complexity index is 357.